The monoisotopic (exact) mass is 340 g/mol. The van der Waals surface area contributed by atoms with E-state index in [4.69, 9.17) is 8.83 Å². The first-order chi connectivity index (χ1) is 10.3. The lowest BCUT2D eigenvalue weighted by Crippen LogP contribution is -1.88. The average Bonchev–Trinajstić information content (AvgIpc) is 3.20. The Morgan fingerprint density at radius 1 is 1.24 bits per heavy atom. The summed E-state index contributed by atoms with van der Waals surface area (Å²) in [6, 6.07) is 3.90. The number of nitrogens with zero attached hydrogens (tertiary/aromatic N) is 4. The van der Waals surface area contributed by atoms with Crippen LogP contribution in [-0.2, 0) is 5.75 Å². The Hall–Kier alpha value is -1.32. The molecule has 9 heteroatoms. The summed E-state index contributed by atoms with van der Waals surface area (Å²) in [6.07, 6.45) is 1.99. The molecule has 6 nitrogen and oxygen atoms in total. The normalized spacial score (nSPS) is 12.7. The van der Waals surface area contributed by atoms with Crippen molar-refractivity contribution in [1.82, 2.24) is 20.4 Å². The average molecular weight is 340 g/mol. The Morgan fingerprint density at radius 2 is 2.14 bits per heavy atom. The maximum atomic E-state index is 5.69. The minimum absolute atomic E-state index is 0.0474. The van der Waals surface area contributed by atoms with Crippen LogP contribution in [0.2, 0.25) is 0 Å². The van der Waals surface area contributed by atoms with E-state index in [-0.39, 0.29) is 5.25 Å². The van der Waals surface area contributed by atoms with Crippen LogP contribution in [0.4, 0.5) is 0 Å². The number of hydrogen-bond acceptors (Lipinski definition) is 9. The molecule has 0 bridgehead atoms. The van der Waals surface area contributed by atoms with Crippen LogP contribution >= 0.6 is 34.9 Å². The van der Waals surface area contributed by atoms with Crippen molar-refractivity contribution in [2.24, 2.45) is 0 Å². The predicted octanol–water partition coefficient (Wildman–Crippen LogP) is 3.90. The number of hydrogen-bond donors (Lipinski definition) is 0. The van der Waals surface area contributed by atoms with Crippen molar-refractivity contribution >= 4 is 34.9 Å². The number of rotatable bonds is 6. The van der Waals surface area contributed by atoms with Crippen LogP contribution < -0.4 is 0 Å². The van der Waals surface area contributed by atoms with Gasteiger partial charge in [0, 0.05) is 0 Å². The molecule has 0 aliphatic heterocycles. The standard InChI is InChI=1S/C12H12N4O2S3/c1-7(21-12-16-13-9(17-12)6-19-2)10-14-15-11(18-10)8-4-3-5-20-8/h3-5,7H,6H2,1-2H3. The summed E-state index contributed by atoms with van der Waals surface area (Å²) in [6.45, 7) is 1.97. The second-order valence-corrected chi connectivity index (χ2v) is 7.18. The molecular weight excluding hydrogens is 328 g/mol. The van der Waals surface area contributed by atoms with E-state index in [1.807, 2.05) is 30.7 Å². The first-order valence-corrected chi connectivity index (χ1v) is 9.27. The van der Waals surface area contributed by atoms with Gasteiger partial charge >= 0.3 is 0 Å². The molecule has 3 rings (SSSR count). The highest BCUT2D eigenvalue weighted by atomic mass is 32.2. The van der Waals surface area contributed by atoms with Crippen LogP contribution in [0.15, 0.2) is 31.6 Å². The molecular formula is C12H12N4O2S3. The van der Waals surface area contributed by atoms with Crippen molar-refractivity contribution in [3.63, 3.8) is 0 Å². The largest absolute Gasteiger partial charge is 0.419 e. The highest BCUT2D eigenvalue weighted by Crippen LogP contribution is 2.35. The first kappa shape index (κ1) is 14.6. The molecule has 0 saturated heterocycles. The molecule has 0 N–H and O–H groups in total. The molecule has 0 spiro atoms. The summed E-state index contributed by atoms with van der Waals surface area (Å²) in [5.41, 5.74) is 0. The summed E-state index contributed by atoms with van der Waals surface area (Å²) in [5.74, 6) is 2.43. The molecule has 0 amide bonds. The van der Waals surface area contributed by atoms with Gasteiger partial charge in [-0.25, -0.2) is 0 Å². The number of thioether (sulfide) groups is 2. The van der Waals surface area contributed by atoms with E-state index in [0.717, 1.165) is 4.88 Å². The van der Waals surface area contributed by atoms with Crippen LogP contribution in [0.1, 0.15) is 24.0 Å². The lowest BCUT2D eigenvalue weighted by molar-refractivity contribution is 0.424. The van der Waals surface area contributed by atoms with Crippen LogP contribution in [0.25, 0.3) is 10.8 Å². The van der Waals surface area contributed by atoms with E-state index in [1.165, 1.54) is 11.8 Å². The van der Waals surface area contributed by atoms with Gasteiger partial charge in [0.1, 0.15) is 0 Å². The molecule has 110 valence electrons. The number of aromatic nitrogens is 4. The Labute approximate surface area is 133 Å². The lowest BCUT2D eigenvalue weighted by Gasteiger charge is -2.01. The third-order valence-corrected chi connectivity index (χ3v) is 4.83. The second kappa shape index (κ2) is 6.63. The van der Waals surface area contributed by atoms with E-state index >= 15 is 0 Å². The SMILES string of the molecule is CSCc1nnc(SC(C)c2nnc(-c3cccs3)o2)o1. The molecule has 1 atom stereocenters. The molecule has 3 heterocycles. The van der Waals surface area contributed by atoms with Crippen molar-refractivity contribution in [3.05, 3.63) is 29.3 Å². The van der Waals surface area contributed by atoms with Crippen molar-refractivity contribution in [3.8, 4) is 10.8 Å². The molecule has 0 aliphatic carbocycles. The Morgan fingerprint density at radius 3 is 2.90 bits per heavy atom. The quantitative estimate of drug-likeness (QED) is 0.625. The van der Waals surface area contributed by atoms with Crippen molar-refractivity contribution in [2.75, 3.05) is 6.26 Å². The molecule has 0 radical (unpaired) electrons. The highest BCUT2D eigenvalue weighted by Gasteiger charge is 2.19. The van der Waals surface area contributed by atoms with Gasteiger partial charge in [-0.15, -0.1) is 31.7 Å². The third kappa shape index (κ3) is 3.47. The molecule has 0 fully saturated rings. The first-order valence-electron chi connectivity index (χ1n) is 6.11. The summed E-state index contributed by atoms with van der Waals surface area (Å²) in [4.78, 5) is 0.964. The van der Waals surface area contributed by atoms with Gasteiger partial charge in [-0.05, 0) is 24.6 Å². The zero-order valence-electron chi connectivity index (χ0n) is 11.3. The minimum atomic E-state index is -0.0474. The molecule has 21 heavy (non-hydrogen) atoms. The summed E-state index contributed by atoms with van der Waals surface area (Å²) in [7, 11) is 0. The summed E-state index contributed by atoms with van der Waals surface area (Å²) < 4.78 is 11.2. The van der Waals surface area contributed by atoms with Gasteiger partial charge in [0.15, 0.2) is 0 Å². The molecule has 0 aromatic carbocycles. The predicted molar refractivity (Wildman–Crippen MR) is 83.4 cm³/mol. The van der Waals surface area contributed by atoms with Crippen LogP contribution in [0, 0.1) is 0 Å². The van der Waals surface area contributed by atoms with Crippen LogP contribution in [-0.4, -0.2) is 26.7 Å². The van der Waals surface area contributed by atoms with E-state index < -0.39 is 0 Å². The van der Waals surface area contributed by atoms with Gasteiger partial charge in [-0.3, -0.25) is 0 Å². The van der Waals surface area contributed by atoms with E-state index in [0.29, 0.717) is 28.6 Å². The fourth-order valence-electron chi connectivity index (χ4n) is 1.57. The van der Waals surface area contributed by atoms with E-state index in [2.05, 4.69) is 20.4 Å². The Balaban J connectivity index is 1.68. The maximum absolute atomic E-state index is 5.69. The molecule has 3 aromatic rings. The Bertz CT molecular complexity index is 695. The van der Waals surface area contributed by atoms with Gasteiger partial charge in [-0.1, -0.05) is 17.8 Å². The minimum Gasteiger partial charge on any atom is -0.419 e. The van der Waals surface area contributed by atoms with Gasteiger partial charge in [0.2, 0.25) is 11.8 Å². The summed E-state index contributed by atoms with van der Waals surface area (Å²) >= 11 is 4.62. The summed E-state index contributed by atoms with van der Waals surface area (Å²) in [5, 5.41) is 18.6. The zero-order valence-corrected chi connectivity index (χ0v) is 13.8. The van der Waals surface area contributed by atoms with Gasteiger partial charge in [0.25, 0.3) is 11.1 Å². The van der Waals surface area contributed by atoms with Crippen LogP contribution in [0.3, 0.4) is 0 Å². The smallest absolute Gasteiger partial charge is 0.277 e. The molecule has 0 aliphatic rings. The maximum Gasteiger partial charge on any atom is 0.277 e. The second-order valence-electron chi connectivity index (χ2n) is 4.08. The van der Waals surface area contributed by atoms with Crippen LogP contribution in [0.5, 0.6) is 0 Å². The zero-order chi connectivity index (χ0) is 14.7. The fourth-order valence-corrected chi connectivity index (χ4v) is 3.31. The van der Waals surface area contributed by atoms with Gasteiger partial charge < -0.3 is 8.83 Å². The fraction of sp³-hybridized carbons (Fsp3) is 0.333. The topological polar surface area (TPSA) is 77.8 Å². The van der Waals surface area contributed by atoms with Gasteiger partial charge in [0.05, 0.1) is 15.9 Å². The van der Waals surface area contributed by atoms with Crippen molar-refractivity contribution < 1.29 is 8.83 Å². The van der Waals surface area contributed by atoms with Gasteiger partial charge in [-0.2, -0.15) is 11.8 Å². The molecule has 1 unspecified atom stereocenters. The highest BCUT2D eigenvalue weighted by molar-refractivity contribution is 7.99. The lowest BCUT2D eigenvalue weighted by atomic mass is 10.5. The molecule has 0 saturated carbocycles. The van der Waals surface area contributed by atoms with E-state index in [9.17, 15) is 0 Å². The van der Waals surface area contributed by atoms with Crippen molar-refractivity contribution in [2.45, 2.75) is 23.1 Å². The van der Waals surface area contributed by atoms with E-state index in [1.54, 1.807) is 23.1 Å². The Kier molecular flexibility index (Phi) is 4.61. The van der Waals surface area contributed by atoms with Crippen molar-refractivity contribution in [1.29, 1.82) is 0 Å². The molecule has 3 aromatic heterocycles. The number of thiophene rings is 1. The third-order valence-electron chi connectivity index (χ3n) is 2.51.